The molecule has 10 heteroatoms. The van der Waals surface area contributed by atoms with Crippen LogP contribution in [0, 0.1) is 35.1 Å². The lowest BCUT2D eigenvalue weighted by atomic mass is 10.1. The van der Waals surface area contributed by atoms with Crippen molar-refractivity contribution in [2.75, 3.05) is 0 Å². The van der Waals surface area contributed by atoms with Gasteiger partial charge in [0.25, 0.3) is 0 Å². The molecule has 3 rings (SSSR count). The molecule has 0 bridgehead atoms. The molecule has 1 nitrogen and oxygen atoms in total. The zero-order chi connectivity index (χ0) is 26.7. The fraction of sp³-hybridized carbons (Fsp3) is 0.231. The van der Waals surface area contributed by atoms with E-state index in [9.17, 15) is 39.5 Å². The van der Waals surface area contributed by atoms with E-state index in [1.54, 1.807) is 12.1 Å². The standard InChI is InChI=1S/C26H17F9O/c1-2-3-4-15-5-7-16(8-6-15)9-10-17-11-19(27)24(20(28)12-17)26(34,35)36-18-13-21(29)23(22(30)14-18)25(31,32)33/h5-8,11-14H,2-4H2,1H3. The van der Waals surface area contributed by atoms with E-state index in [4.69, 9.17) is 0 Å². The van der Waals surface area contributed by atoms with Gasteiger partial charge in [-0.25, -0.2) is 17.6 Å². The van der Waals surface area contributed by atoms with Crippen LogP contribution in [0.3, 0.4) is 0 Å². The number of benzene rings is 3. The molecule has 0 heterocycles. The molecule has 0 radical (unpaired) electrons. The van der Waals surface area contributed by atoms with Crippen LogP contribution >= 0.6 is 0 Å². The van der Waals surface area contributed by atoms with Crippen LogP contribution in [0.25, 0.3) is 0 Å². The monoisotopic (exact) mass is 516 g/mol. The molecule has 0 fully saturated rings. The summed E-state index contributed by atoms with van der Waals surface area (Å²) in [5, 5.41) is 0. The molecule has 0 saturated carbocycles. The lowest BCUT2D eigenvalue weighted by Gasteiger charge is -2.20. The minimum atomic E-state index is -5.44. The van der Waals surface area contributed by atoms with E-state index in [0.29, 0.717) is 17.7 Å². The molecule has 0 aromatic heterocycles. The molecule has 0 N–H and O–H groups in total. The second-order valence-corrected chi connectivity index (χ2v) is 7.74. The van der Waals surface area contributed by atoms with Crippen molar-refractivity contribution in [3.63, 3.8) is 0 Å². The number of rotatable bonds is 6. The molecule has 0 aliphatic heterocycles. The van der Waals surface area contributed by atoms with E-state index in [2.05, 4.69) is 23.5 Å². The van der Waals surface area contributed by atoms with Gasteiger partial charge in [-0.2, -0.15) is 22.0 Å². The summed E-state index contributed by atoms with van der Waals surface area (Å²) in [5.41, 5.74) is -2.92. The zero-order valence-electron chi connectivity index (χ0n) is 18.6. The predicted octanol–water partition coefficient (Wildman–Crippen LogP) is 8.13. The van der Waals surface area contributed by atoms with Crippen LogP contribution in [0.1, 0.15) is 47.6 Å². The molecule has 36 heavy (non-hydrogen) atoms. The van der Waals surface area contributed by atoms with Crippen molar-refractivity contribution in [2.45, 2.75) is 38.5 Å². The number of hydrogen-bond donors (Lipinski definition) is 0. The third kappa shape index (κ3) is 6.33. The van der Waals surface area contributed by atoms with Gasteiger partial charge >= 0.3 is 12.3 Å². The molecule has 190 valence electrons. The van der Waals surface area contributed by atoms with Crippen LogP contribution < -0.4 is 4.74 Å². The number of aryl methyl sites for hydroxylation is 1. The third-order valence-corrected chi connectivity index (χ3v) is 5.00. The Labute approximate surface area is 200 Å². The minimum absolute atomic E-state index is 0.164. The first kappa shape index (κ1) is 27.0. The maximum absolute atomic E-state index is 14.5. The summed E-state index contributed by atoms with van der Waals surface area (Å²) in [7, 11) is 0. The second kappa shape index (κ2) is 10.6. The highest BCUT2D eigenvalue weighted by Gasteiger charge is 2.43. The Bertz CT molecular complexity index is 1250. The van der Waals surface area contributed by atoms with Crippen LogP contribution in [-0.2, 0) is 18.7 Å². The lowest BCUT2D eigenvalue weighted by molar-refractivity contribution is -0.189. The first-order valence-corrected chi connectivity index (χ1v) is 10.6. The van der Waals surface area contributed by atoms with E-state index in [-0.39, 0.29) is 17.7 Å². The van der Waals surface area contributed by atoms with Crippen molar-refractivity contribution in [3.8, 4) is 17.6 Å². The van der Waals surface area contributed by atoms with Crippen LogP contribution in [-0.4, -0.2) is 0 Å². The molecule has 3 aromatic rings. The van der Waals surface area contributed by atoms with Crippen molar-refractivity contribution in [2.24, 2.45) is 0 Å². The van der Waals surface area contributed by atoms with Crippen LogP contribution in [0.2, 0.25) is 0 Å². The second-order valence-electron chi connectivity index (χ2n) is 7.74. The highest BCUT2D eigenvalue weighted by molar-refractivity contribution is 5.45. The highest BCUT2D eigenvalue weighted by Crippen LogP contribution is 2.39. The number of alkyl halides is 5. The van der Waals surface area contributed by atoms with E-state index < -0.39 is 52.4 Å². The summed E-state index contributed by atoms with van der Waals surface area (Å²) in [6.07, 6.45) is -7.36. The van der Waals surface area contributed by atoms with E-state index in [1.165, 1.54) is 0 Å². The summed E-state index contributed by atoms with van der Waals surface area (Å²) >= 11 is 0. The summed E-state index contributed by atoms with van der Waals surface area (Å²) in [6.45, 7) is 2.06. The molecular weight excluding hydrogens is 499 g/mol. The van der Waals surface area contributed by atoms with Gasteiger partial charge in [-0.05, 0) is 42.7 Å². The van der Waals surface area contributed by atoms with Gasteiger partial charge in [0.15, 0.2) is 0 Å². The molecule has 0 amide bonds. The summed E-state index contributed by atoms with van der Waals surface area (Å²) in [6, 6.07) is 7.76. The molecule has 3 aromatic carbocycles. The van der Waals surface area contributed by atoms with Crippen molar-refractivity contribution >= 4 is 0 Å². The Morgan fingerprint density at radius 3 is 1.69 bits per heavy atom. The quantitative estimate of drug-likeness (QED) is 0.238. The molecule has 0 unspecified atom stereocenters. The summed E-state index contributed by atoms with van der Waals surface area (Å²) < 4.78 is 127. The van der Waals surface area contributed by atoms with Crippen LogP contribution in [0.15, 0.2) is 48.5 Å². The minimum Gasteiger partial charge on any atom is -0.429 e. The van der Waals surface area contributed by atoms with Gasteiger partial charge in [-0.1, -0.05) is 37.3 Å². The molecule has 0 saturated heterocycles. The van der Waals surface area contributed by atoms with Crippen LogP contribution in [0.5, 0.6) is 5.75 Å². The Hall–Kier alpha value is -3.61. The van der Waals surface area contributed by atoms with Gasteiger partial charge in [0.2, 0.25) is 0 Å². The molecule has 0 aliphatic rings. The highest BCUT2D eigenvalue weighted by atomic mass is 19.4. The van der Waals surface area contributed by atoms with E-state index in [1.807, 2.05) is 12.1 Å². The fourth-order valence-electron chi connectivity index (χ4n) is 3.28. The van der Waals surface area contributed by atoms with E-state index in [0.717, 1.165) is 24.8 Å². The molecular formula is C26H17F9O. The average Bonchev–Trinajstić information content (AvgIpc) is 2.74. The van der Waals surface area contributed by atoms with Gasteiger partial charge in [0.1, 0.15) is 40.1 Å². The van der Waals surface area contributed by atoms with Gasteiger partial charge in [0.05, 0.1) is 0 Å². The third-order valence-electron chi connectivity index (χ3n) is 5.00. The molecule has 0 atom stereocenters. The maximum atomic E-state index is 14.5. The van der Waals surface area contributed by atoms with Crippen molar-refractivity contribution < 1.29 is 44.3 Å². The van der Waals surface area contributed by atoms with Gasteiger partial charge in [0, 0.05) is 23.3 Å². The average molecular weight is 516 g/mol. The van der Waals surface area contributed by atoms with Gasteiger partial charge < -0.3 is 4.74 Å². The first-order valence-electron chi connectivity index (χ1n) is 10.6. The van der Waals surface area contributed by atoms with Crippen molar-refractivity contribution in [1.29, 1.82) is 0 Å². The number of ether oxygens (including phenoxy) is 1. The predicted molar refractivity (Wildman–Crippen MR) is 113 cm³/mol. The molecule has 0 aliphatic carbocycles. The summed E-state index contributed by atoms with van der Waals surface area (Å²) in [4.78, 5) is 0. The smallest absolute Gasteiger partial charge is 0.429 e. The van der Waals surface area contributed by atoms with Crippen molar-refractivity contribution in [3.05, 3.63) is 99.6 Å². The van der Waals surface area contributed by atoms with Gasteiger partial charge in [-0.3, -0.25) is 0 Å². The Morgan fingerprint density at radius 2 is 1.19 bits per heavy atom. The number of hydrogen-bond acceptors (Lipinski definition) is 1. The van der Waals surface area contributed by atoms with Crippen molar-refractivity contribution in [1.82, 2.24) is 0 Å². The maximum Gasteiger partial charge on any atom is 0.432 e. The number of unbranched alkanes of at least 4 members (excludes halogenated alkanes) is 1. The normalized spacial score (nSPS) is 11.7. The first-order chi connectivity index (χ1) is 16.8. The SMILES string of the molecule is CCCCc1ccc(C#Cc2cc(F)c(C(F)(F)Oc3cc(F)c(C(F)(F)F)c(F)c3)c(F)c2)cc1. The van der Waals surface area contributed by atoms with Crippen LogP contribution in [0.4, 0.5) is 39.5 Å². The van der Waals surface area contributed by atoms with E-state index >= 15 is 0 Å². The van der Waals surface area contributed by atoms with Gasteiger partial charge in [-0.15, -0.1) is 0 Å². The lowest BCUT2D eigenvalue weighted by Crippen LogP contribution is -2.25. The Morgan fingerprint density at radius 1 is 0.694 bits per heavy atom. The molecule has 0 spiro atoms. The Kier molecular flexibility index (Phi) is 7.92. The zero-order valence-corrected chi connectivity index (χ0v) is 18.6. The fourth-order valence-corrected chi connectivity index (χ4v) is 3.28. The summed E-state index contributed by atoms with van der Waals surface area (Å²) in [5.74, 6) is -4.36. The topological polar surface area (TPSA) is 9.23 Å². The number of halogens is 9. The largest absolute Gasteiger partial charge is 0.432 e. The Balaban J connectivity index is 1.85.